The van der Waals surface area contributed by atoms with Crippen molar-refractivity contribution >= 4 is 11.9 Å². The van der Waals surface area contributed by atoms with Crippen molar-refractivity contribution in [3.63, 3.8) is 0 Å². The SMILES string of the molecule is C=C(C)C(=O)OCCOc1ccc(-c2ccc(OCCOC(=O)C(=C)COC)cc2OC)cc1. The highest BCUT2D eigenvalue weighted by Gasteiger charge is 2.10. The molecule has 2 aromatic carbocycles. The minimum Gasteiger partial charge on any atom is -0.496 e. The summed E-state index contributed by atoms with van der Waals surface area (Å²) in [5.74, 6) is 0.905. The molecule has 0 heterocycles. The van der Waals surface area contributed by atoms with Crippen LogP contribution in [0.2, 0.25) is 0 Å². The van der Waals surface area contributed by atoms with Gasteiger partial charge in [0.05, 0.1) is 19.3 Å². The Morgan fingerprint density at radius 2 is 1.38 bits per heavy atom. The molecular weight excluding hydrogens is 440 g/mol. The largest absolute Gasteiger partial charge is 0.496 e. The zero-order valence-electron chi connectivity index (χ0n) is 19.8. The maximum absolute atomic E-state index is 11.7. The molecular formula is C26H30O8. The first-order valence-corrected chi connectivity index (χ1v) is 10.6. The van der Waals surface area contributed by atoms with Gasteiger partial charge in [-0.1, -0.05) is 25.3 Å². The molecule has 2 aromatic rings. The van der Waals surface area contributed by atoms with E-state index in [1.54, 1.807) is 20.1 Å². The lowest BCUT2D eigenvalue weighted by molar-refractivity contribution is -0.140. The topological polar surface area (TPSA) is 89.5 Å². The van der Waals surface area contributed by atoms with Gasteiger partial charge in [0, 0.05) is 24.3 Å². The molecule has 0 spiro atoms. The van der Waals surface area contributed by atoms with E-state index >= 15 is 0 Å². The summed E-state index contributed by atoms with van der Waals surface area (Å²) in [6.07, 6.45) is 0. The van der Waals surface area contributed by atoms with Gasteiger partial charge in [-0.2, -0.15) is 0 Å². The molecule has 8 nitrogen and oxygen atoms in total. The van der Waals surface area contributed by atoms with Gasteiger partial charge in [-0.3, -0.25) is 0 Å². The van der Waals surface area contributed by atoms with Crippen LogP contribution in [0.4, 0.5) is 0 Å². The second-order valence-electron chi connectivity index (χ2n) is 7.17. The van der Waals surface area contributed by atoms with E-state index in [2.05, 4.69) is 13.2 Å². The van der Waals surface area contributed by atoms with Crippen LogP contribution in [0.1, 0.15) is 6.92 Å². The predicted octanol–water partition coefficient (Wildman–Crippen LogP) is 3.98. The molecule has 0 aliphatic carbocycles. The van der Waals surface area contributed by atoms with Gasteiger partial charge in [-0.05, 0) is 36.8 Å². The Morgan fingerprint density at radius 1 is 0.794 bits per heavy atom. The highest BCUT2D eigenvalue weighted by atomic mass is 16.6. The van der Waals surface area contributed by atoms with Crippen molar-refractivity contribution in [1.82, 2.24) is 0 Å². The molecule has 0 aliphatic rings. The molecule has 0 atom stereocenters. The summed E-state index contributed by atoms with van der Waals surface area (Å²) in [7, 11) is 3.06. The molecule has 0 aliphatic heterocycles. The van der Waals surface area contributed by atoms with E-state index in [0.717, 1.165) is 11.1 Å². The lowest BCUT2D eigenvalue weighted by Gasteiger charge is -2.13. The third kappa shape index (κ3) is 8.29. The van der Waals surface area contributed by atoms with E-state index in [4.69, 9.17) is 28.4 Å². The van der Waals surface area contributed by atoms with Crippen LogP contribution in [-0.2, 0) is 23.8 Å². The van der Waals surface area contributed by atoms with Gasteiger partial charge in [0.15, 0.2) is 0 Å². The molecule has 0 saturated carbocycles. The fourth-order valence-corrected chi connectivity index (χ4v) is 2.78. The number of carbonyl (C=O) groups is 2. The van der Waals surface area contributed by atoms with Crippen LogP contribution in [0.3, 0.4) is 0 Å². The first-order chi connectivity index (χ1) is 16.3. The van der Waals surface area contributed by atoms with Crippen LogP contribution < -0.4 is 14.2 Å². The van der Waals surface area contributed by atoms with E-state index in [-0.39, 0.29) is 38.6 Å². The molecule has 0 amide bonds. The Kier molecular flexibility index (Phi) is 10.7. The van der Waals surface area contributed by atoms with E-state index in [1.807, 2.05) is 36.4 Å². The van der Waals surface area contributed by atoms with Gasteiger partial charge in [-0.25, -0.2) is 9.59 Å². The Bertz CT molecular complexity index is 994. The second-order valence-corrected chi connectivity index (χ2v) is 7.17. The number of esters is 2. The Morgan fingerprint density at radius 3 is 1.97 bits per heavy atom. The monoisotopic (exact) mass is 470 g/mol. The lowest BCUT2D eigenvalue weighted by atomic mass is 10.0. The third-order valence-electron chi connectivity index (χ3n) is 4.46. The molecule has 0 fully saturated rings. The smallest absolute Gasteiger partial charge is 0.335 e. The highest BCUT2D eigenvalue weighted by Crippen LogP contribution is 2.34. The van der Waals surface area contributed by atoms with Crippen molar-refractivity contribution in [1.29, 1.82) is 0 Å². The quantitative estimate of drug-likeness (QED) is 0.233. The summed E-state index contributed by atoms with van der Waals surface area (Å²) in [4.78, 5) is 23.0. The molecule has 182 valence electrons. The minimum absolute atomic E-state index is 0.0828. The van der Waals surface area contributed by atoms with E-state index in [9.17, 15) is 9.59 Å². The first kappa shape index (κ1) is 26.5. The number of rotatable bonds is 14. The highest BCUT2D eigenvalue weighted by molar-refractivity contribution is 5.88. The second kappa shape index (κ2) is 13.7. The van der Waals surface area contributed by atoms with Crippen LogP contribution in [0.15, 0.2) is 66.8 Å². The van der Waals surface area contributed by atoms with E-state index in [0.29, 0.717) is 22.8 Å². The molecule has 0 aromatic heterocycles. The fourth-order valence-electron chi connectivity index (χ4n) is 2.78. The van der Waals surface area contributed by atoms with Gasteiger partial charge in [0.1, 0.15) is 43.7 Å². The minimum atomic E-state index is -0.515. The van der Waals surface area contributed by atoms with Crippen LogP contribution >= 0.6 is 0 Å². The standard InChI is InChI=1S/C26H30O8/c1-18(2)25(27)33-14-12-31-21-8-6-20(7-9-21)23-11-10-22(16-24(23)30-5)32-13-15-34-26(28)19(3)17-29-4/h6-11,16H,1,3,12-15,17H2,2,4-5H3. The first-order valence-electron chi connectivity index (χ1n) is 10.6. The molecule has 0 saturated heterocycles. The molecule has 2 rings (SSSR count). The predicted molar refractivity (Wildman–Crippen MR) is 127 cm³/mol. The van der Waals surface area contributed by atoms with Crippen molar-refractivity contribution in [2.45, 2.75) is 6.92 Å². The zero-order chi connectivity index (χ0) is 24.9. The van der Waals surface area contributed by atoms with Crippen LogP contribution in [0, 0.1) is 0 Å². The number of methoxy groups -OCH3 is 2. The number of hydrogen-bond acceptors (Lipinski definition) is 8. The Balaban J connectivity index is 1.88. The molecule has 0 bridgehead atoms. The van der Waals surface area contributed by atoms with Crippen molar-refractivity contribution in [3.8, 4) is 28.4 Å². The van der Waals surface area contributed by atoms with Crippen LogP contribution in [0.25, 0.3) is 11.1 Å². The van der Waals surface area contributed by atoms with E-state index in [1.165, 1.54) is 7.11 Å². The van der Waals surface area contributed by atoms with Gasteiger partial charge in [0.25, 0.3) is 0 Å². The van der Waals surface area contributed by atoms with Crippen LogP contribution in [-0.4, -0.2) is 59.2 Å². The Labute approximate surface area is 199 Å². The summed E-state index contributed by atoms with van der Waals surface area (Å²) in [5, 5.41) is 0. The number of benzene rings is 2. The van der Waals surface area contributed by atoms with E-state index < -0.39 is 11.9 Å². The number of hydrogen-bond donors (Lipinski definition) is 0. The fraction of sp³-hybridized carbons (Fsp3) is 0.308. The van der Waals surface area contributed by atoms with Gasteiger partial charge in [-0.15, -0.1) is 0 Å². The average Bonchev–Trinajstić information content (AvgIpc) is 2.84. The van der Waals surface area contributed by atoms with Crippen LogP contribution in [0.5, 0.6) is 17.2 Å². The summed E-state index contributed by atoms with van der Waals surface area (Å²) >= 11 is 0. The van der Waals surface area contributed by atoms with Gasteiger partial charge in [0.2, 0.25) is 0 Å². The summed E-state index contributed by atoms with van der Waals surface area (Å²) in [6, 6.07) is 12.9. The van der Waals surface area contributed by atoms with Crippen molar-refractivity contribution < 1.29 is 38.0 Å². The third-order valence-corrected chi connectivity index (χ3v) is 4.46. The normalized spacial score (nSPS) is 10.2. The summed E-state index contributed by atoms with van der Waals surface area (Å²) in [6.45, 7) is 9.48. The van der Waals surface area contributed by atoms with Crippen molar-refractivity contribution in [3.05, 3.63) is 66.8 Å². The molecule has 0 unspecified atom stereocenters. The summed E-state index contributed by atoms with van der Waals surface area (Å²) in [5.41, 5.74) is 2.40. The molecule has 8 heteroatoms. The van der Waals surface area contributed by atoms with Gasteiger partial charge < -0.3 is 28.4 Å². The van der Waals surface area contributed by atoms with Crippen molar-refractivity contribution in [2.24, 2.45) is 0 Å². The van der Waals surface area contributed by atoms with Gasteiger partial charge >= 0.3 is 11.9 Å². The van der Waals surface area contributed by atoms with Crippen molar-refractivity contribution in [2.75, 3.05) is 47.3 Å². The number of carbonyl (C=O) groups excluding carboxylic acids is 2. The zero-order valence-corrected chi connectivity index (χ0v) is 19.8. The summed E-state index contributed by atoms with van der Waals surface area (Å²) < 4.78 is 31.7. The molecule has 0 radical (unpaired) electrons. The lowest BCUT2D eigenvalue weighted by Crippen LogP contribution is -2.15. The maximum Gasteiger partial charge on any atom is 0.335 e. The average molecular weight is 471 g/mol. The molecule has 0 N–H and O–H groups in total. The Hall–Kier alpha value is -3.78. The maximum atomic E-state index is 11.7. The number of ether oxygens (including phenoxy) is 6. The molecule has 34 heavy (non-hydrogen) atoms.